The van der Waals surface area contributed by atoms with Crippen molar-refractivity contribution in [2.24, 2.45) is 7.05 Å². The van der Waals surface area contributed by atoms with Crippen LogP contribution in [0, 0.1) is 0 Å². The summed E-state index contributed by atoms with van der Waals surface area (Å²) in [6, 6.07) is 1.40. The van der Waals surface area contributed by atoms with Crippen LogP contribution in [-0.2, 0) is 11.8 Å². The molecule has 0 aliphatic rings. The number of benzene rings is 1. The van der Waals surface area contributed by atoms with Crippen molar-refractivity contribution in [1.82, 2.24) is 24.4 Å². The lowest BCUT2D eigenvalue weighted by Crippen LogP contribution is -2.28. The molecule has 0 bridgehead atoms. The number of methoxy groups -OCH3 is 1. The number of nitrogens with two attached hydrogens (primary N) is 1. The predicted octanol–water partition coefficient (Wildman–Crippen LogP) is 0.0336. The molecule has 3 aromatic rings. The van der Waals surface area contributed by atoms with Gasteiger partial charge in [0.15, 0.2) is 18.1 Å². The second-order valence-corrected chi connectivity index (χ2v) is 6.68. The highest BCUT2D eigenvalue weighted by atomic mass is 16.5. The molecule has 0 unspecified atom stereocenters. The molecule has 1 aromatic carbocycles. The van der Waals surface area contributed by atoms with E-state index < -0.39 is 11.5 Å². The van der Waals surface area contributed by atoms with Crippen LogP contribution in [0.2, 0.25) is 0 Å². The first-order valence-corrected chi connectivity index (χ1v) is 9.01. The van der Waals surface area contributed by atoms with E-state index in [1.165, 1.54) is 43.8 Å². The minimum atomic E-state index is -0.557. The van der Waals surface area contributed by atoms with E-state index >= 15 is 0 Å². The minimum absolute atomic E-state index is 0.0504. The fraction of sp³-hybridized carbons (Fsp3) is 0.263. The summed E-state index contributed by atoms with van der Waals surface area (Å²) in [6.07, 6.45) is 3.94. The van der Waals surface area contributed by atoms with E-state index in [0.717, 1.165) is 4.57 Å². The summed E-state index contributed by atoms with van der Waals surface area (Å²) in [5.41, 5.74) is 5.92. The number of hydrogen-bond acceptors (Lipinski definition) is 9. The van der Waals surface area contributed by atoms with Crippen molar-refractivity contribution in [2.45, 2.75) is 0 Å². The molecule has 3 N–H and O–H groups in total. The lowest BCUT2D eigenvalue weighted by atomic mass is 10.1. The molecule has 162 valence electrons. The second kappa shape index (κ2) is 8.65. The maximum Gasteiger partial charge on any atom is 0.264 e. The van der Waals surface area contributed by atoms with Gasteiger partial charge in [-0.3, -0.25) is 24.3 Å². The zero-order chi connectivity index (χ0) is 22.7. The molecule has 3 rings (SSSR count). The van der Waals surface area contributed by atoms with Crippen LogP contribution in [0.4, 0.5) is 11.6 Å². The molecule has 2 heterocycles. The number of amides is 2. The number of ether oxygens (including phenoxy) is 2. The second-order valence-electron chi connectivity index (χ2n) is 6.68. The fourth-order valence-corrected chi connectivity index (χ4v) is 2.70. The van der Waals surface area contributed by atoms with Gasteiger partial charge in [0.1, 0.15) is 11.8 Å². The van der Waals surface area contributed by atoms with E-state index in [9.17, 15) is 14.4 Å². The van der Waals surface area contributed by atoms with Crippen LogP contribution in [0.1, 0.15) is 10.4 Å². The van der Waals surface area contributed by atoms with Crippen LogP contribution in [0.15, 0.2) is 29.6 Å². The maximum atomic E-state index is 12.9. The van der Waals surface area contributed by atoms with Crippen LogP contribution in [-0.4, -0.2) is 64.0 Å². The maximum absolute atomic E-state index is 12.9. The van der Waals surface area contributed by atoms with Crippen molar-refractivity contribution in [3.05, 3.63) is 40.7 Å². The fourth-order valence-electron chi connectivity index (χ4n) is 2.70. The molecule has 0 fully saturated rings. The molecule has 0 atom stereocenters. The van der Waals surface area contributed by atoms with Crippen LogP contribution in [0.3, 0.4) is 0 Å². The molecule has 2 aromatic heterocycles. The Balaban J connectivity index is 2.10. The van der Waals surface area contributed by atoms with Gasteiger partial charge in [-0.15, -0.1) is 0 Å². The van der Waals surface area contributed by atoms with Gasteiger partial charge in [-0.25, -0.2) is 15.0 Å². The van der Waals surface area contributed by atoms with Crippen LogP contribution in [0.5, 0.6) is 11.5 Å². The van der Waals surface area contributed by atoms with E-state index in [0.29, 0.717) is 0 Å². The number of carbonyl (C=O) groups is 2. The number of carbonyl (C=O) groups excluding carboxylic acids is 2. The highest BCUT2D eigenvalue weighted by Gasteiger charge is 2.21. The van der Waals surface area contributed by atoms with E-state index in [1.807, 2.05) is 0 Å². The zero-order valence-corrected chi connectivity index (χ0v) is 17.4. The smallest absolute Gasteiger partial charge is 0.264 e. The van der Waals surface area contributed by atoms with Crippen molar-refractivity contribution < 1.29 is 19.1 Å². The topological polar surface area (TPSA) is 155 Å². The number of nitrogens with one attached hydrogen (secondary N) is 1. The van der Waals surface area contributed by atoms with E-state index in [2.05, 4.69) is 20.3 Å². The van der Waals surface area contributed by atoms with Gasteiger partial charge in [0, 0.05) is 39.6 Å². The number of anilines is 2. The van der Waals surface area contributed by atoms with Crippen LogP contribution >= 0.6 is 0 Å². The summed E-state index contributed by atoms with van der Waals surface area (Å²) in [5.74, 6) is -0.649. The lowest BCUT2D eigenvalue weighted by Gasteiger charge is -2.17. The van der Waals surface area contributed by atoms with E-state index in [4.69, 9.17) is 15.2 Å². The number of nitrogens with zero attached hydrogens (tertiary/aromatic N) is 5. The number of rotatable bonds is 6. The molecular weight excluding hydrogens is 406 g/mol. The molecule has 0 radical (unpaired) electrons. The number of likely N-dealkylation sites (N-methyl/N-ethyl adjacent to an activating group) is 1. The largest absolute Gasteiger partial charge is 0.491 e. The van der Waals surface area contributed by atoms with E-state index in [-0.39, 0.29) is 52.1 Å². The van der Waals surface area contributed by atoms with Crippen LogP contribution < -0.4 is 26.1 Å². The molecule has 2 amide bonds. The van der Waals surface area contributed by atoms with Crippen molar-refractivity contribution >= 4 is 34.4 Å². The number of aromatic nitrogens is 4. The normalized spacial score (nSPS) is 10.6. The van der Waals surface area contributed by atoms with Gasteiger partial charge in [-0.2, -0.15) is 0 Å². The third-order valence-electron chi connectivity index (χ3n) is 4.41. The Morgan fingerprint density at radius 3 is 2.55 bits per heavy atom. The highest BCUT2D eigenvalue weighted by Crippen LogP contribution is 2.37. The summed E-state index contributed by atoms with van der Waals surface area (Å²) in [6.45, 7) is -0.267. The molecule has 0 spiro atoms. The molecule has 0 saturated carbocycles. The standard InChI is InChI=1S/C19H21N7O5/c1-25(2)13(27)8-31-12-5-11(20)14-15(16(12)30-4)23-19(26(3)18(14)29)24-17(28)10-6-21-9-22-7-10/h5-7,9H,8,20H2,1-4H3,(H,23,24,28). The van der Waals surface area contributed by atoms with Gasteiger partial charge >= 0.3 is 0 Å². The Hall–Kier alpha value is -4.22. The van der Waals surface area contributed by atoms with Gasteiger partial charge < -0.3 is 20.1 Å². The average Bonchev–Trinajstić information content (AvgIpc) is 2.75. The third-order valence-corrected chi connectivity index (χ3v) is 4.41. The molecule has 12 heteroatoms. The minimum Gasteiger partial charge on any atom is -0.491 e. The number of hydrogen-bond donors (Lipinski definition) is 2. The van der Waals surface area contributed by atoms with Crippen molar-refractivity contribution in [3.63, 3.8) is 0 Å². The summed E-state index contributed by atoms with van der Waals surface area (Å²) in [7, 11) is 5.99. The lowest BCUT2D eigenvalue weighted by molar-refractivity contribution is -0.130. The Morgan fingerprint density at radius 1 is 1.26 bits per heavy atom. The summed E-state index contributed by atoms with van der Waals surface area (Å²) >= 11 is 0. The van der Waals surface area contributed by atoms with Gasteiger partial charge in [0.25, 0.3) is 17.4 Å². The van der Waals surface area contributed by atoms with Gasteiger partial charge in [0.05, 0.1) is 23.7 Å². The molecule has 0 aliphatic carbocycles. The highest BCUT2D eigenvalue weighted by molar-refractivity contribution is 6.04. The predicted molar refractivity (Wildman–Crippen MR) is 112 cm³/mol. The molecule has 0 saturated heterocycles. The zero-order valence-electron chi connectivity index (χ0n) is 17.4. The Kier molecular flexibility index (Phi) is 6.00. The third kappa shape index (κ3) is 4.22. The van der Waals surface area contributed by atoms with Crippen molar-refractivity contribution in [2.75, 3.05) is 38.9 Å². The first kappa shape index (κ1) is 21.5. The summed E-state index contributed by atoms with van der Waals surface area (Å²) in [4.78, 5) is 50.6. The Labute approximate surface area is 176 Å². The number of fused-ring (bicyclic) bond motifs is 1. The van der Waals surface area contributed by atoms with Crippen LogP contribution in [0.25, 0.3) is 10.9 Å². The molecule has 12 nitrogen and oxygen atoms in total. The molecule has 0 aliphatic heterocycles. The average molecular weight is 427 g/mol. The number of nitrogen functional groups attached to an aromatic ring is 1. The molecular formula is C19H21N7O5. The van der Waals surface area contributed by atoms with Gasteiger partial charge in [-0.05, 0) is 0 Å². The quantitative estimate of drug-likeness (QED) is 0.519. The van der Waals surface area contributed by atoms with Crippen molar-refractivity contribution in [3.8, 4) is 11.5 Å². The summed E-state index contributed by atoms with van der Waals surface area (Å²) in [5, 5.41) is 2.64. The van der Waals surface area contributed by atoms with Crippen molar-refractivity contribution in [1.29, 1.82) is 0 Å². The monoisotopic (exact) mass is 427 g/mol. The van der Waals surface area contributed by atoms with Gasteiger partial charge in [-0.1, -0.05) is 0 Å². The summed E-state index contributed by atoms with van der Waals surface area (Å²) < 4.78 is 12.1. The molecule has 31 heavy (non-hydrogen) atoms. The van der Waals surface area contributed by atoms with Gasteiger partial charge in [0.2, 0.25) is 5.95 Å². The first-order chi connectivity index (χ1) is 14.7. The SMILES string of the molecule is COc1c(OCC(=O)N(C)C)cc(N)c2c(=O)n(C)c(NC(=O)c3cncnc3)nc12. The Bertz CT molecular complexity index is 1210. The Morgan fingerprint density at radius 2 is 1.94 bits per heavy atom. The van der Waals surface area contributed by atoms with E-state index in [1.54, 1.807) is 14.1 Å². The first-order valence-electron chi connectivity index (χ1n) is 9.01.